The SMILES string of the molecule is CCC1CCCCN1C(=O)C(C)OC(=O)CCCNS(=O)(=O)c1ccc2c(c1)OCCO2. The van der Waals surface area contributed by atoms with E-state index in [4.69, 9.17) is 14.2 Å². The van der Waals surface area contributed by atoms with Crippen molar-refractivity contribution in [3.63, 3.8) is 0 Å². The average molecular weight is 469 g/mol. The van der Waals surface area contributed by atoms with Crippen molar-refractivity contribution in [1.82, 2.24) is 9.62 Å². The average Bonchev–Trinajstić information content (AvgIpc) is 2.81. The first kappa shape index (κ1) is 24.3. The molecule has 0 aromatic heterocycles. The van der Waals surface area contributed by atoms with E-state index in [0.717, 1.165) is 25.7 Å². The number of amides is 1. The number of carbonyl (C=O) groups excluding carboxylic acids is 2. The van der Waals surface area contributed by atoms with Gasteiger partial charge in [-0.25, -0.2) is 13.1 Å². The maximum Gasteiger partial charge on any atom is 0.306 e. The Hall–Kier alpha value is -2.33. The van der Waals surface area contributed by atoms with Gasteiger partial charge in [-0.15, -0.1) is 0 Å². The van der Waals surface area contributed by atoms with Crippen LogP contribution >= 0.6 is 0 Å². The normalized spacial score (nSPS) is 19.3. The highest BCUT2D eigenvalue weighted by molar-refractivity contribution is 7.89. The highest BCUT2D eigenvalue weighted by Gasteiger charge is 2.30. The third kappa shape index (κ3) is 6.13. The first-order valence-corrected chi connectivity index (χ1v) is 12.7. The summed E-state index contributed by atoms with van der Waals surface area (Å²) in [5, 5.41) is 0. The molecule has 0 spiro atoms. The zero-order valence-corrected chi connectivity index (χ0v) is 19.5. The van der Waals surface area contributed by atoms with Crippen LogP contribution in [0, 0.1) is 0 Å². The number of rotatable bonds is 9. The first-order chi connectivity index (χ1) is 15.3. The quantitative estimate of drug-likeness (QED) is 0.437. The van der Waals surface area contributed by atoms with Crippen molar-refractivity contribution in [2.24, 2.45) is 0 Å². The zero-order valence-electron chi connectivity index (χ0n) is 18.7. The van der Waals surface area contributed by atoms with Gasteiger partial charge in [0.15, 0.2) is 17.6 Å². The molecule has 1 amide bonds. The van der Waals surface area contributed by atoms with E-state index in [1.807, 2.05) is 4.90 Å². The lowest BCUT2D eigenvalue weighted by atomic mass is 9.99. The van der Waals surface area contributed by atoms with E-state index in [2.05, 4.69) is 11.6 Å². The number of nitrogens with one attached hydrogen (secondary N) is 1. The van der Waals surface area contributed by atoms with Gasteiger partial charge in [0.1, 0.15) is 13.2 Å². The topological polar surface area (TPSA) is 111 Å². The van der Waals surface area contributed by atoms with Crippen LogP contribution in [0.3, 0.4) is 0 Å². The van der Waals surface area contributed by atoms with E-state index in [9.17, 15) is 18.0 Å². The smallest absolute Gasteiger partial charge is 0.306 e. The summed E-state index contributed by atoms with van der Waals surface area (Å²) < 4.78 is 43.6. The summed E-state index contributed by atoms with van der Waals surface area (Å²) >= 11 is 0. The number of hydrogen-bond donors (Lipinski definition) is 1. The van der Waals surface area contributed by atoms with Crippen LogP contribution in [-0.2, 0) is 24.3 Å². The molecule has 2 aliphatic heterocycles. The molecule has 1 fully saturated rings. The van der Waals surface area contributed by atoms with Gasteiger partial charge in [-0.3, -0.25) is 9.59 Å². The lowest BCUT2D eigenvalue weighted by Gasteiger charge is -2.36. The van der Waals surface area contributed by atoms with E-state index in [0.29, 0.717) is 31.3 Å². The van der Waals surface area contributed by atoms with Gasteiger partial charge in [0, 0.05) is 31.6 Å². The summed E-state index contributed by atoms with van der Waals surface area (Å²) in [6.07, 6.45) is 3.36. The molecule has 0 aliphatic carbocycles. The number of benzene rings is 1. The Morgan fingerprint density at radius 1 is 1.22 bits per heavy atom. The molecule has 3 rings (SSSR count). The molecule has 9 nitrogen and oxygen atoms in total. The minimum Gasteiger partial charge on any atom is -0.486 e. The highest BCUT2D eigenvalue weighted by Crippen LogP contribution is 2.32. The Balaban J connectivity index is 1.43. The molecule has 2 heterocycles. The number of fused-ring (bicyclic) bond motifs is 1. The first-order valence-electron chi connectivity index (χ1n) is 11.2. The fourth-order valence-electron chi connectivity index (χ4n) is 3.97. The third-order valence-corrected chi connectivity index (χ3v) is 7.17. The van der Waals surface area contributed by atoms with Gasteiger partial charge in [-0.2, -0.15) is 0 Å². The van der Waals surface area contributed by atoms with Gasteiger partial charge in [-0.1, -0.05) is 6.92 Å². The minimum atomic E-state index is -3.75. The number of piperidine rings is 1. The molecule has 1 aromatic carbocycles. The Bertz CT molecular complexity index is 919. The number of likely N-dealkylation sites (tertiary alicyclic amines) is 1. The van der Waals surface area contributed by atoms with E-state index in [-0.39, 0.29) is 36.2 Å². The zero-order chi connectivity index (χ0) is 23.1. The summed E-state index contributed by atoms with van der Waals surface area (Å²) in [4.78, 5) is 26.7. The summed E-state index contributed by atoms with van der Waals surface area (Å²) in [5.74, 6) is 0.218. The van der Waals surface area contributed by atoms with Crippen LogP contribution in [0.5, 0.6) is 11.5 Å². The molecule has 0 saturated carbocycles. The van der Waals surface area contributed by atoms with Gasteiger partial charge in [0.05, 0.1) is 4.90 Å². The van der Waals surface area contributed by atoms with E-state index in [1.54, 1.807) is 13.0 Å². The molecule has 2 atom stereocenters. The number of nitrogens with zero attached hydrogens (tertiary/aromatic N) is 1. The number of carbonyl (C=O) groups is 2. The van der Waals surface area contributed by atoms with Crippen LogP contribution in [0.4, 0.5) is 0 Å². The summed E-state index contributed by atoms with van der Waals surface area (Å²) in [5.41, 5.74) is 0. The van der Waals surface area contributed by atoms with Crippen molar-refractivity contribution in [2.75, 3.05) is 26.3 Å². The Morgan fingerprint density at radius 3 is 2.72 bits per heavy atom. The second-order valence-corrected chi connectivity index (χ2v) is 9.80. The fraction of sp³-hybridized carbons (Fsp3) is 0.636. The van der Waals surface area contributed by atoms with Crippen molar-refractivity contribution < 1.29 is 32.2 Å². The van der Waals surface area contributed by atoms with E-state index in [1.165, 1.54) is 12.1 Å². The number of esters is 1. The van der Waals surface area contributed by atoms with Crippen LogP contribution in [0.1, 0.15) is 52.4 Å². The standard InChI is InChI=1S/C22H32N2O7S/c1-3-17-7-4-5-12-24(17)22(26)16(2)31-21(25)8-6-11-23-32(27,28)18-9-10-19-20(15-18)30-14-13-29-19/h9-10,15-17,23H,3-8,11-14H2,1-2H3. The van der Waals surface area contributed by atoms with Crippen LogP contribution in [-0.4, -0.2) is 63.6 Å². The number of hydrogen-bond acceptors (Lipinski definition) is 7. The van der Waals surface area contributed by atoms with Gasteiger partial charge in [-0.05, 0) is 51.2 Å². The van der Waals surface area contributed by atoms with Crippen LogP contribution in [0.25, 0.3) is 0 Å². The van der Waals surface area contributed by atoms with Crippen molar-refractivity contribution in [2.45, 2.75) is 69.4 Å². The van der Waals surface area contributed by atoms with Crippen LogP contribution in [0.15, 0.2) is 23.1 Å². The summed E-state index contributed by atoms with van der Waals surface area (Å²) in [6, 6.07) is 4.63. The summed E-state index contributed by atoms with van der Waals surface area (Å²) in [7, 11) is -3.75. The molecule has 2 aliphatic rings. The van der Waals surface area contributed by atoms with Gasteiger partial charge in [0.25, 0.3) is 5.91 Å². The van der Waals surface area contributed by atoms with Crippen molar-refractivity contribution in [3.8, 4) is 11.5 Å². The van der Waals surface area contributed by atoms with Gasteiger partial charge < -0.3 is 19.1 Å². The predicted molar refractivity (Wildman–Crippen MR) is 117 cm³/mol. The second-order valence-electron chi connectivity index (χ2n) is 8.03. The van der Waals surface area contributed by atoms with Crippen molar-refractivity contribution in [3.05, 3.63) is 18.2 Å². The third-order valence-electron chi connectivity index (χ3n) is 5.71. The van der Waals surface area contributed by atoms with Crippen LogP contribution in [0.2, 0.25) is 0 Å². The summed E-state index contributed by atoms with van der Waals surface area (Å²) in [6.45, 7) is 5.20. The molecular formula is C22H32N2O7S. The maximum atomic E-state index is 12.7. The van der Waals surface area contributed by atoms with Crippen LogP contribution < -0.4 is 14.2 Å². The van der Waals surface area contributed by atoms with Gasteiger partial charge >= 0.3 is 5.97 Å². The van der Waals surface area contributed by atoms with E-state index >= 15 is 0 Å². The minimum absolute atomic E-state index is 0.0124. The highest BCUT2D eigenvalue weighted by atomic mass is 32.2. The molecule has 0 bridgehead atoms. The molecule has 10 heteroatoms. The molecule has 2 unspecified atom stereocenters. The maximum absolute atomic E-state index is 12.7. The number of ether oxygens (including phenoxy) is 3. The fourth-order valence-corrected chi connectivity index (χ4v) is 5.06. The van der Waals surface area contributed by atoms with Crippen molar-refractivity contribution >= 4 is 21.9 Å². The Morgan fingerprint density at radius 2 is 1.97 bits per heavy atom. The molecule has 1 saturated heterocycles. The monoisotopic (exact) mass is 468 g/mol. The van der Waals surface area contributed by atoms with E-state index < -0.39 is 22.1 Å². The molecule has 1 aromatic rings. The van der Waals surface area contributed by atoms with Gasteiger partial charge in [0.2, 0.25) is 10.0 Å². The van der Waals surface area contributed by atoms with Crippen molar-refractivity contribution in [1.29, 1.82) is 0 Å². The molecule has 178 valence electrons. The molecule has 1 N–H and O–H groups in total. The molecule has 0 radical (unpaired) electrons. The lowest BCUT2D eigenvalue weighted by Crippen LogP contribution is -2.48. The number of sulfonamides is 1. The molecular weight excluding hydrogens is 436 g/mol. The Labute approximate surface area is 189 Å². The second kappa shape index (κ2) is 11.0. The molecule has 32 heavy (non-hydrogen) atoms. The largest absolute Gasteiger partial charge is 0.486 e. The Kier molecular flexibility index (Phi) is 8.36. The lowest BCUT2D eigenvalue weighted by molar-refractivity contribution is -0.161. The predicted octanol–water partition coefficient (Wildman–Crippen LogP) is 2.24.